The monoisotopic (exact) mass is 266 g/mol. The lowest BCUT2D eigenvalue weighted by atomic mass is 10.1. The Balaban J connectivity index is 2.03. The molecular formula is C15H14N4O. The van der Waals surface area contributed by atoms with Crippen LogP contribution >= 0.6 is 0 Å². The SMILES string of the molecule is CNc1cnccc1C(=O)NCc1ccc(C#N)cc1. The van der Waals surface area contributed by atoms with Crippen LogP contribution in [-0.4, -0.2) is 17.9 Å². The van der Waals surface area contributed by atoms with E-state index in [4.69, 9.17) is 5.26 Å². The second-order valence-electron chi connectivity index (χ2n) is 4.16. The molecule has 0 bridgehead atoms. The summed E-state index contributed by atoms with van der Waals surface area (Å²) in [6.07, 6.45) is 3.19. The van der Waals surface area contributed by atoms with Crippen LogP contribution in [0.2, 0.25) is 0 Å². The van der Waals surface area contributed by atoms with Gasteiger partial charge in [0, 0.05) is 19.8 Å². The highest BCUT2D eigenvalue weighted by atomic mass is 16.1. The maximum absolute atomic E-state index is 12.1. The van der Waals surface area contributed by atoms with Gasteiger partial charge in [0.2, 0.25) is 0 Å². The van der Waals surface area contributed by atoms with E-state index in [0.29, 0.717) is 23.4 Å². The minimum atomic E-state index is -0.166. The first-order valence-corrected chi connectivity index (χ1v) is 6.13. The highest BCUT2D eigenvalue weighted by Gasteiger charge is 2.09. The largest absolute Gasteiger partial charge is 0.386 e. The van der Waals surface area contributed by atoms with Gasteiger partial charge in [-0.1, -0.05) is 12.1 Å². The van der Waals surface area contributed by atoms with E-state index in [1.807, 2.05) is 12.1 Å². The number of hydrogen-bond donors (Lipinski definition) is 2. The standard InChI is InChI=1S/C15H14N4O/c1-17-14-10-18-7-6-13(14)15(20)19-9-12-4-2-11(8-16)3-5-12/h2-7,10,17H,9H2,1H3,(H,19,20). The topological polar surface area (TPSA) is 77.8 Å². The first kappa shape index (κ1) is 13.6. The molecule has 5 nitrogen and oxygen atoms in total. The van der Waals surface area contributed by atoms with E-state index in [2.05, 4.69) is 21.7 Å². The number of amides is 1. The Hall–Kier alpha value is -2.87. The van der Waals surface area contributed by atoms with Crippen molar-refractivity contribution in [1.29, 1.82) is 5.26 Å². The van der Waals surface area contributed by atoms with Crippen molar-refractivity contribution in [1.82, 2.24) is 10.3 Å². The van der Waals surface area contributed by atoms with Crippen LogP contribution in [0.1, 0.15) is 21.5 Å². The Labute approximate surface area is 117 Å². The van der Waals surface area contributed by atoms with Gasteiger partial charge in [-0.3, -0.25) is 9.78 Å². The molecule has 100 valence electrons. The van der Waals surface area contributed by atoms with Crippen molar-refractivity contribution >= 4 is 11.6 Å². The van der Waals surface area contributed by atoms with Gasteiger partial charge in [0.15, 0.2) is 0 Å². The second-order valence-corrected chi connectivity index (χ2v) is 4.16. The van der Waals surface area contributed by atoms with Crippen molar-refractivity contribution in [2.75, 3.05) is 12.4 Å². The zero-order valence-corrected chi connectivity index (χ0v) is 11.1. The van der Waals surface area contributed by atoms with Crippen molar-refractivity contribution in [2.45, 2.75) is 6.54 Å². The number of nitrogens with zero attached hydrogens (tertiary/aromatic N) is 2. The molecule has 2 aromatic rings. The maximum atomic E-state index is 12.1. The van der Waals surface area contributed by atoms with Gasteiger partial charge in [-0.2, -0.15) is 5.26 Å². The van der Waals surface area contributed by atoms with Gasteiger partial charge >= 0.3 is 0 Å². The molecule has 0 saturated heterocycles. The molecular weight excluding hydrogens is 252 g/mol. The average molecular weight is 266 g/mol. The molecule has 2 rings (SSSR count). The van der Waals surface area contributed by atoms with Crippen molar-refractivity contribution < 1.29 is 4.79 Å². The molecule has 1 amide bonds. The van der Waals surface area contributed by atoms with E-state index in [0.717, 1.165) is 5.56 Å². The second kappa shape index (κ2) is 6.34. The Morgan fingerprint density at radius 1 is 1.30 bits per heavy atom. The zero-order valence-electron chi connectivity index (χ0n) is 11.1. The van der Waals surface area contributed by atoms with Crippen LogP contribution in [0.4, 0.5) is 5.69 Å². The van der Waals surface area contributed by atoms with Crippen molar-refractivity contribution in [3.05, 3.63) is 59.4 Å². The number of pyridine rings is 1. The highest BCUT2D eigenvalue weighted by molar-refractivity contribution is 5.99. The van der Waals surface area contributed by atoms with E-state index in [-0.39, 0.29) is 5.91 Å². The summed E-state index contributed by atoms with van der Waals surface area (Å²) in [5.41, 5.74) is 2.78. The van der Waals surface area contributed by atoms with Gasteiger partial charge in [-0.15, -0.1) is 0 Å². The Morgan fingerprint density at radius 2 is 2.05 bits per heavy atom. The van der Waals surface area contributed by atoms with Gasteiger partial charge in [0.1, 0.15) is 0 Å². The number of nitriles is 1. The molecule has 0 fully saturated rings. The fraction of sp³-hybridized carbons (Fsp3) is 0.133. The van der Waals surface area contributed by atoms with Gasteiger partial charge in [-0.25, -0.2) is 0 Å². The van der Waals surface area contributed by atoms with Crippen LogP contribution < -0.4 is 10.6 Å². The summed E-state index contributed by atoms with van der Waals surface area (Å²) >= 11 is 0. The molecule has 0 aliphatic carbocycles. The van der Waals surface area contributed by atoms with Crippen LogP contribution in [0.3, 0.4) is 0 Å². The van der Waals surface area contributed by atoms with Crippen molar-refractivity contribution in [3.8, 4) is 6.07 Å². The highest BCUT2D eigenvalue weighted by Crippen LogP contribution is 2.12. The van der Waals surface area contributed by atoms with Gasteiger partial charge < -0.3 is 10.6 Å². The smallest absolute Gasteiger partial charge is 0.253 e. The summed E-state index contributed by atoms with van der Waals surface area (Å²) < 4.78 is 0. The lowest BCUT2D eigenvalue weighted by molar-refractivity contribution is 0.0951. The molecule has 0 unspecified atom stereocenters. The summed E-state index contributed by atoms with van der Waals surface area (Å²) in [5.74, 6) is -0.166. The third kappa shape index (κ3) is 3.12. The van der Waals surface area contributed by atoms with E-state index in [1.165, 1.54) is 0 Å². The Bertz CT molecular complexity index is 644. The fourth-order valence-electron chi connectivity index (χ4n) is 1.77. The number of hydrogen-bond acceptors (Lipinski definition) is 4. The Kier molecular flexibility index (Phi) is 4.30. The van der Waals surface area contributed by atoms with Crippen LogP contribution in [0.5, 0.6) is 0 Å². The quantitative estimate of drug-likeness (QED) is 0.886. The zero-order chi connectivity index (χ0) is 14.4. The molecule has 1 aromatic carbocycles. The van der Waals surface area contributed by atoms with Crippen LogP contribution in [0.25, 0.3) is 0 Å². The molecule has 0 atom stereocenters. The summed E-state index contributed by atoms with van der Waals surface area (Å²) in [5, 5.41) is 14.5. The fourth-order valence-corrected chi connectivity index (χ4v) is 1.77. The number of rotatable bonds is 4. The molecule has 0 aliphatic rings. The molecule has 0 spiro atoms. The molecule has 20 heavy (non-hydrogen) atoms. The summed E-state index contributed by atoms with van der Waals surface area (Å²) in [7, 11) is 1.74. The number of aromatic nitrogens is 1. The third-order valence-corrected chi connectivity index (χ3v) is 2.87. The molecule has 0 saturated carbocycles. The number of benzene rings is 1. The predicted octanol–water partition coefficient (Wildman–Crippen LogP) is 1.92. The molecule has 1 aromatic heterocycles. The molecule has 2 N–H and O–H groups in total. The number of carbonyl (C=O) groups is 1. The lowest BCUT2D eigenvalue weighted by Gasteiger charge is -2.09. The number of carbonyl (C=O) groups excluding carboxylic acids is 1. The predicted molar refractivity (Wildman–Crippen MR) is 76.1 cm³/mol. The van der Waals surface area contributed by atoms with E-state index < -0.39 is 0 Å². The minimum Gasteiger partial charge on any atom is -0.386 e. The molecule has 5 heteroatoms. The lowest BCUT2D eigenvalue weighted by Crippen LogP contribution is -2.23. The normalized spacial score (nSPS) is 9.60. The average Bonchev–Trinajstić information content (AvgIpc) is 2.53. The summed E-state index contributed by atoms with van der Waals surface area (Å²) in [6, 6.07) is 10.8. The van der Waals surface area contributed by atoms with Gasteiger partial charge in [-0.05, 0) is 23.8 Å². The molecule has 0 radical (unpaired) electrons. The third-order valence-electron chi connectivity index (χ3n) is 2.87. The molecule has 1 heterocycles. The summed E-state index contributed by atoms with van der Waals surface area (Å²) in [6.45, 7) is 0.413. The van der Waals surface area contributed by atoms with Crippen molar-refractivity contribution in [3.63, 3.8) is 0 Å². The van der Waals surface area contributed by atoms with Crippen LogP contribution in [0.15, 0.2) is 42.7 Å². The number of anilines is 1. The Morgan fingerprint density at radius 3 is 2.70 bits per heavy atom. The number of nitrogens with one attached hydrogen (secondary N) is 2. The van der Waals surface area contributed by atoms with Crippen LogP contribution in [-0.2, 0) is 6.54 Å². The maximum Gasteiger partial charge on any atom is 0.253 e. The van der Waals surface area contributed by atoms with Crippen molar-refractivity contribution in [2.24, 2.45) is 0 Å². The van der Waals surface area contributed by atoms with E-state index in [1.54, 1.807) is 37.6 Å². The first-order valence-electron chi connectivity index (χ1n) is 6.13. The van der Waals surface area contributed by atoms with Gasteiger partial charge in [0.05, 0.1) is 29.1 Å². The van der Waals surface area contributed by atoms with Crippen LogP contribution in [0, 0.1) is 11.3 Å². The molecule has 0 aliphatic heterocycles. The first-order chi connectivity index (χ1) is 9.74. The summed E-state index contributed by atoms with van der Waals surface area (Å²) in [4.78, 5) is 16.1. The van der Waals surface area contributed by atoms with E-state index in [9.17, 15) is 4.79 Å². The minimum absolute atomic E-state index is 0.166. The van der Waals surface area contributed by atoms with E-state index >= 15 is 0 Å². The van der Waals surface area contributed by atoms with Gasteiger partial charge in [0.25, 0.3) is 5.91 Å².